The smallest absolute Gasteiger partial charge is 0.231 e. The Bertz CT molecular complexity index is 67.6. The summed E-state index contributed by atoms with van der Waals surface area (Å²) in [6, 6.07) is 0. The molecule has 0 aliphatic rings. The third-order valence-corrected chi connectivity index (χ3v) is 1.37. The fourth-order valence-electron chi connectivity index (χ4n) is 0.360. The minimum absolute atomic E-state index is 0.334. The van der Waals surface area contributed by atoms with Crippen LogP contribution < -0.4 is 0 Å². The van der Waals surface area contributed by atoms with Crippen LogP contribution in [0.2, 0.25) is 27.3 Å². The Kier molecular flexibility index (Phi) is 5.16. The van der Waals surface area contributed by atoms with Crippen molar-refractivity contribution in [3.63, 3.8) is 0 Å². The van der Waals surface area contributed by atoms with Crippen molar-refractivity contribution in [1.29, 1.82) is 0 Å². The Labute approximate surface area is 60.6 Å². The molecule has 0 aliphatic carbocycles. The van der Waals surface area contributed by atoms with E-state index in [1.807, 2.05) is 14.0 Å². The molecule has 0 unspecified atom stereocenters. The molecule has 0 atom stereocenters. The Morgan fingerprint density at radius 2 is 1.78 bits per heavy atom. The summed E-state index contributed by atoms with van der Waals surface area (Å²) in [6.07, 6.45) is 0. The number of rotatable bonds is 4. The van der Waals surface area contributed by atoms with Gasteiger partial charge in [0.15, 0.2) is 0 Å². The summed E-state index contributed by atoms with van der Waals surface area (Å²) in [5.74, 6) is 0. The molecule has 0 N–H and O–H groups in total. The Morgan fingerprint density at radius 3 is 2.11 bits per heavy atom. The van der Waals surface area contributed by atoms with Gasteiger partial charge < -0.3 is 4.57 Å². The third-order valence-electron chi connectivity index (χ3n) is 1.37. The van der Waals surface area contributed by atoms with E-state index in [0.29, 0.717) is 13.4 Å². The van der Waals surface area contributed by atoms with Gasteiger partial charge in [-0.25, -0.2) is 0 Å². The largest absolute Gasteiger partial charge is 0.514 e. The molecule has 0 heterocycles. The lowest BCUT2D eigenvalue weighted by Gasteiger charge is -2.09. The maximum atomic E-state index is 5.27. The predicted molar refractivity (Wildman–Crippen MR) is 47.6 cm³/mol. The zero-order valence-electron chi connectivity index (χ0n) is 6.72. The SMILES string of the molecule is C[B][B]OB(C)B(C)C. The van der Waals surface area contributed by atoms with Crippen LogP contribution in [0, 0.1) is 0 Å². The molecule has 46 valence electrons. The number of hydrogen-bond acceptors (Lipinski definition) is 1. The second kappa shape index (κ2) is 5.04. The minimum Gasteiger partial charge on any atom is -0.514 e. The molecule has 0 aromatic carbocycles. The van der Waals surface area contributed by atoms with Gasteiger partial charge in [0.1, 0.15) is 13.8 Å². The normalized spacial score (nSPS) is 8.44. The molecular formula is C4H12B4O. The summed E-state index contributed by atoms with van der Waals surface area (Å²) < 4.78 is 5.27. The van der Waals surface area contributed by atoms with Gasteiger partial charge in [0.2, 0.25) is 14.2 Å². The Hall–Kier alpha value is 0.220. The standard InChI is InChI=1S/C4H12B4O/c1-5-6-9-8(4)7(2)3/h1-4H3. The molecule has 0 spiro atoms. The molecule has 0 rings (SSSR count). The van der Waals surface area contributed by atoms with Crippen LogP contribution in [0.1, 0.15) is 0 Å². The summed E-state index contributed by atoms with van der Waals surface area (Å²) in [6.45, 7) is 9.25. The summed E-state index contributed by atoms with van der Waals surface area (Å²) in [4.78, 5) is 0. The summed E-state index contributed by atoms with van der Waals surface area (Å²) >= 11 is 0. The topological polar surface area (TPSA) is 9.23 Å². The average Bonchev–Trinajstić information content (AvgIpc) is 1.82. The molecule has 5 heteroatoms. The highest BCUT2D eigenvalue weighted by Gasteiger charge is 2.14. The van der Waals surface area contributed by atoms with E-state index in [9.17, 15) is 0 Å². The second-order valence-electron chi connectivity index (χ2n) is 2.55. The van der Waals surface area contributed by atoms with Crippen molar-refractivity contribution in [1.82, 2.24) is 0 Å². The van der Waals surface area contributed by atoms with Crippen LogP contribution in [-0.4, -0.2) is 28.0 Å². The van der Waals surface area contributed by atoms with Crippen molar-refractivity contribution in [3.05, 3.63) is 0 Å². The van der Waals surface area contributed by atoms with Crippen molar-refractivity contribution >= 4 is 28.0 Å². The maximum Gasteiger partial charge on any atom is 0.231 e. The van der Waals surface area contributed by atoms with Gasteiger partial charge in [-0.2, -0.15) is 0 Å². The highest BCUT2D eigenvalue weighted by atomic mass is 16.4. The van der Waals surface area contributed by atoms with E-state index in [4.69, 9.17) is 4.57 Å². The van der Waals surface area contributed by atoms with Gasteiger partial charge in [0, 0.05) is 0 Å². The first-order valence-corrected chi connectivity index (χ1v) is 3.45. The first-order chi connectivity index (χ1) is 4.18. The van der Waals surface area contributed by atoms with Gasteiger partial charge in [-0.15, -0.1) is 0 Å². The van der Waals surface area contributed by atoms with Crippen molar-refractivity contribution in [2.75, 3.05) is 0 Å². The molecule has 0 aromatic rings. The van der Waals surface area contributed by atoms with Gasteiger partial charge in [-0.1, -0.05) is 27.3 Å². The van der Waals surface area contributed by atoms with Crippen LogP contribution in [-0.2, 0) is 4.57 Å². The molecule has 0 bridgehead atoms. The van der Waals surface area contributed by atoms with E-state index in [2.05, 4.69) is 20.5 Å². The fraction of sp³-hybridized carbons (Fsp3) is 1.00. The van der Waals surface area contributed by atoms with Crippen molar-refractivity contribution in [3.8, 4) is 0 Å². The molecule has 0 aliphatic heterocycles. The zero-order chi connectivity index (χ0) is 7.28. The van der Waals surface area contributed by atoms with E-state index in [1.54, 1.807) is 7.37 Å². The minimum atomic E-state index is 0.334. The fourth-order valence-corrected chi connectivity index (χ4v) is 0.360. The van der Waals surface area contributed by atoms with E-state index in [-0.39, 0.29) is 0 Å². The molecular weight excluding hydrogens is 107 g/mol. The monoisotopic (exact) mass is 120 g/mol. The molecule has 1 nitrogen and oxygen atoms in total. The van der Waals surface area contributed by atoms with Crippen molar-refractivity contribution in [2.45, 2.75) is 27.3 Å². The van der Waals surface area contributed by atoms with Crippen LogP contribution in [0.4, 0.5) is 0 Å². The van der Waals surface area contributed by atoms with Crippen LogP contribution in [0.3, 0.4) is 0 Å². The van der Waals surface area contributed by atoms with E-state index in [1.165, 1.54) is 0 Å². The highest BCUT2D eigenvalue weighted by molar-refractivity contribution is 7.20. The van der Waals surface area contributed by atoms with Crippen molar-refractivity contribution < 1.29 is 4.57 Å². The van der Waals surface area contributed by atoms with E-state index in [0.717, 1.165) is 0 Å². The first-order valence-electron chi connectivity index (χ1n) is 3.45. The van der Waals surface area contributed by atoms with Gasteiger partial charge >= 0.3 is 0 Å². The lowest BCUT2D eigenvalue weighted by molar-refractivity contribution is 0.652. The van der Waals surface area contributed by atoms with Crippen LogP contribution in [0.25, 0.3) is 0 Å². The Balaban J connectivity index is 3.16. The summed E-state index contributed by atoms with van der Waals surface area (Å²) in [7, 11) is 3.64. The molecule has 0 aromatic heterocycles. The van der Waals surface area contributed by atoms with Crippen LogP contribution in [0.15, 0.2) is 0 Å². The number of hydrogen-bond donors (Lipinski definition) is 0. The molecule has 0 saturated carbocycles. The summed E-state index contributed by atoms with van der Waals surface area (Å²) in [5.41, 5.74) is 0. The van der Waals surface area contributed by atoms with Gasteiger partial charge in [0.05, 0.1) is 0 Å². The predicted octanol–water partition coefficient (Wildman–Crippen LogP) is 0.744. The lowest BCUT2D eigenvalue weighted by Crippen LogP contribution is -2.32. The molecule has 0 saturated heterocycles. The van der Waals surface area contributed by atoms with Crippen LogP contribution in [0.5, 0.6) is 0 Å². The Morgan fingerprint density at radius 1 is 1.22 bits per heavy atom. The van der Waals surface area contributed by atoms with Gasteiger partial charge in [-0.05, 0) is 0 Å². The second-order valence-corrected chi connectivity index (χ2v) is 2.55. The lowest BCUT2D eigenvalue weighted by atomic mass is 9.19. The summed E-state index contributed by atoms with van der Waals surface area (Å²) in [5, 5.41) is 0. The van der Waals surface area contributed by atoms with E-state index >= 15 is 0 Å². The first kappa shape index (κ1) is 9.22. The highest BCUT2D eigenvalue weighted by Crippen LogP contribution is 1.89. The van der Waals surface area contributed by atoms with Crippen LogP contribution >= 0.6 is 0 Å². The van der Waals surface area contributed by atoms with Gasteiger partial charge in [-0.3, -0.25) is 0 Å². The van der Waals surface area contributed by atoms with E-state index < -0.39 is 0 Å². The molecule has 9 heavy (non-hydrogen) atoms. The molecule has 0 amide bonds. The van der Waals surface area contributed by atoms with Gasteiger partial charge in [0.25, 0.3) is 0 Å². The van der Waals surface area contributed by atoms with Crippen molar-refractivity contribution in [2.24, 2.45) is 0 Å². The third kappa shape index (κ3) is 4.71. The molecule has 0 fully saturated rings. The molecule has 2 radical (unpaired) electrons. The maximum absolute atomic E-state index is 5.27. The quantitative estimate of drug-likeness (QED) is 0.496. The average molecular weight is 119 g/mol. The zero-order valence-corrected chi connectivity index (χ0v) is 6.72.